The molecule has 1 aromatic heterocycles. The van der Waals surface area contributed by atoms with E-state index in [0.717, 1.165) is 12.1 Å². The molecule has 2 amide bonds. The number of hydrogen-bond donors (Lipinski definition) is 2. The molecule has 140 valence electrons. The number of pyridine rings is 1. The van der Waals surface area contributed by atoms with Crippen LogP contribution in [0, 0.1) is 23.0 Å². The first-order chi connectivity index (χ1) is 13.0. The lowest BCUT2D eigenvalue weighted by molar-refractivity contribution is 0.135. The topological polar surface area (TPSA) is 87.0 Å². The van der Waals surface area contributed by atoms with Crippen molar-refractivity contribution in [3.63, 3.8) is 0 Å². The summed E-state index contributed by atoms with van der Waals surface area (Å²) >= 11 is 0. The van der Waals surface area contributed by atoms with Gasteiger partial charge in [-0.15, -0.1) is 0 Å². The van der Waals surface area contributed by atoms with E-state index in [0.29, 0.717) is 37.1 Å². The van der Waals surface area contributed by atoms with E-state index in [4.69, 9.17) is 10.00 Å². The van der Waals surface area contributed by atoms with Crippen molar-refractivity contribution in [2.45, 2.75) is 37.8 Å². The van der Waals surface area contributed by atoms with Gasteiger partial charge in [0, 0.05) is 18.3 Å². The van der Waals surface area contributed by atoms with E-state index in [1.807, 2.05) is 6.07 Å². The van der Waals surface area contributed by atoms with Gasteiger partial charge in [-0.3, -0.25) is 0 Å². The Labute approximate surface area is 155 Å². The lowest BCUT2D eigenvalue weighted by Gasteiger charge is -2.29. The number of hydrogen-bond acceptors (Lipinski definition) is 4. The van der Waals surface area contributed by atoms with E-state index in [-0.39, 0.29) is 12.1 Å². The van der Waals surface area contributed by atoms with Crippen LogP contribution in [0.25, 0.3) is 0 Å². The number of nitrogens with zero attached hydrogens (tertiary/aromatic N) is 2. The number of carbonyl (C=O) groups is 1. The summed E-state index contributed by atoms with van der Waals surface area (Å²) in [6.45, 7) is 0. The van der Waals surface area contributed by atoms with Gasteiger partial charge in [-0.1, -0.05) is 6.07 Å². The van der Waals surface area contributed by atoms with Crippen molar-refractivity contribution in [3.05, 3.63) is 53.7 Å². The summed E-state index contributed by atoms with van der Waals surface area (Å²) in [7, 11) is 0. The first kappa shape index (κ1) is 18.6. The number of rotatable bonds is 4. The zero-order valence-electron chi connectivity index (χ0n) is 14.4. The van der Waals surface area contributed by atoms with Crippen LogP contribution in [0.4, 0.5) is 19.3 Å². The highest BCUT2D eigenvalue weighted by molar-refractivity contribution is 5.89. The summed E-state index contributed by atoms with van der Waals surface area (Å²) in [5.41, 5.74) is 0.00599. The van der Waals surface area contributed by atoms with E-state index < -0.39 is 23.4 Å². The molecule has 0 bridgehead atoms. The number of nitriles is 1. The van der Waals surface area contributed by atoms with Gasteiger partial charge >= 0.3 is 6.03 Å². The second kappa shape index (κ2) is 8.45. The third kappa shape index (κ3) is 4.91. The van der Waals surface area contributed by atoms with Crippen LogP contribution in [0.15, 0.2) is 36.5 Å². The summed E-state index contributed by atoms with van der Waals surface area (Å²) in [4.78, 5) is 16.1. The van der Waals surface area contributed by atoms with Gasteiger partial charge < -0.3 is 15.4 Å². The fraction of sp³-hybridized carbons (Fsp3) is 0.316. The number of carbonyl (C=O) groups excluding carboxylic acids is 1. The maximum Gasteiger partial charge on any atom is 0.319 e. The molecule has 8 heteroatoms. The molecular formula is C19H18F2N4O2. The summed E-state index contributed by atoms with van der Waals surface area (Å²) < 4.78 is 32.9. The van der Waals surface area contributed by atoms with Crippen molar-refractivity contribution >= 4 is 11.7 Å². The monoisotopic (exact) mass is 372 g/mol. The summed E-state index contributed by atoms with van der Waals surface area (Å²) in [6, 6.07) is 7.94. The van der Waals surface area contributed by atoms with E-state index in [9.17, 15) is 13.6 Å². The summed E-state index contributed by atoms with van der Waals surface area (Å²) in [5, 5.41) is 13.7. The van der Waals surface area contributed by atoms with Crippen molar-refractivity contribution in [1.82, 2.24) is 10.3 Å². The molecule has 1 aliphatic carbocycles. The molecule has 1 aliphatic rings. The number of halogens is 2. The van der Waals surface area contributed by atoms with Crippen LogP contribution in [-0.4, -0.2) is 23.2 Å². The fourth-order valence-electron chi connectivity index (χ4n) is 2.96. The van der Waals surface area contributed by atoms with Crippen LogP contribution in [0.2, 0.25) is 0 Å². The van der Waals surface area contributed by atoms with Gasteiger partial charge in [-0.25, -0.2) is 18.6 Å². The number of anilines is 1. The highest BCUT2D eigenvalue weighted by atomic mass is 19.1. The van der Waals surface area contributed by atoms with E-state index in [1.165, 1.54) is 12.3 Å². The molecule has 3 rings (SSSR count). The molecule has 0 saturated heterocycles. The van der Waals surface area contributed by atoms with Crippen molar-refractivity contribution in [3.8, 4) is 11.9 Å². The smallest absolute Gasteiger partial charge is 0.319 e. The Hall–Kier alpha value is -3.21. The average molecular weight is 372 g/mol. The Morgan fingerprint density at radius 2 is 1.85 bits per heavy atom. The Balaban J connectivity index is 1.46. The SMILES string of the molecule is N#Cc1ccc(OC2CCC(NC(=O)Nc3c(F)cccc3F)CC2)nc1. The van der Waals surface area contributed by atoms with Gasteiger partial charge in [0.25, 0.3) is 0 Å². The van der Waals surface area contributed by atoms with Crippen molar-refractivity contribution in [1.29, 1.82) is 5.26 Å². The number of urea groups is 1. The number of aromatic nitrogens is 1. The highest BCUT2D eigenvalue weighted by Gasteiger charge is 2.24. The quantitative estimate of drug-likeness (QED) is 0.856. The molecule has 0 unspecified atom stereocenters. The third-order valence-electron chi connectivity index (χ3n) is 4.36. The number of benzene rings is 1. The van der Waals surface area contributed by atoms with Crippen molar-refractivity contribution in [2.24, 2.45) is 0 Å². The minimum Gasteiger partial charge on any atom is -0.474 e. The van der Waals surface area contributed by atoms with E-state index >= 15 is 0 Å². The molecule has 2 N–H and O–H groups in total. The molecule has 0 radical (unpaired) electrons. The molecular weight excluding hydrogens is 354 g/mol. The van der Waals surface area contributed by atoms with Crippen LogP contribution < -0.4 is 15.4 Å². The van der Waals surface area contributed by atoms with Crippen LogP contribution >= 0.6 is 0 Å². The third-order valence-corrected chi connectivity index (χ3v) is 4.36. The lowest BCUT2D eigenvalue weighted by Crippen LogP contribution is -2.42. The molecule has 2 aromatic rings. The Morgan fingerprint density at radius 1 is 1.15 bits per heavy atom. The minimum atomic E-state index is -0.822. The van der Waals surface area contributed by atoms with E-state index in [1.54, 1.807) is 12.1 Å². The summed E-state index contributed by atoms with van der Waals surface area (Å²) in [5.74, 6) is -1.19. The van der Waals surface area contributed by atoms with Gasteiger partial charge in [0.1, 0.15) is 29.5 Å². The normalized spacial score (nSPS) is 19.0. The van der Waals surface area contributed by atoms with Crippen LogP contribution in [0.1, 0.15) is 31.2 Å². The van der Waals surface area contributed by atoms with Crippen LogP contribution in [-0.2, 0) is 0 Å². The lowest BCUT2D eigenvalue weighted by atomic mass is 9.93. The first-order valence-electron chi connectivity index (χ1n) is 8.59. The van der Waals surface area contributed by atoms with Gasteiger partial charge in [0.05, 0.1) is 5.56 Å². The number of ether oxygens (including phenoxy) is 1. The van der Waals surface area contributed by atoms with Crippen molar-refractivity contribution < 1.29 is 18.3 Å². The molecule has 1 aromatic carbocycles. The molecule has 1 heterocycles. The van der Waals surface area contributed by atoms with Gasteiger partial charge in [0.15, 0.2) is 0 Å². The maximum atomic E-state index is 13.6. The minimum absolute atomic E-state index is 0.0319. The first-order valence-corrected chi connectivity index (χ1v) is 8.59. The standard InChI is InChI=1S/C19H18F2N4O2/c20-15-2-1-3-16(21)18(15)25-19(26)24-13-5-7-14(8-6-13)27-17-9-4-12(10-22)11-23-17/h1-4,9,11,13-14H,5-8H2,(H2,24,25,26). The average Bonchev–Trinajstić information content (AvgIpc) is 2.67. The largest absolute Gasteiger partial charge is 0.474 e. The van der Waals surface area contributed by atoms with Crippen LogP contribution in [0.3, 0.4) is 0 Å². The molecule has 0 aliphatic heterocycles. The predicted molar refractivity (Wildman–Crippen MR) is 94.1 cm³/mol. The molecule has 0 atom stereocenters. The Morgan fingerprint density at radius 3 is 2.44 bits per heavy atom. The maximum absolute atomic E-state index is 13.6. The molecule has 27 heavy (non-hydrogen) atoms. The number of amides is 2. The van der Waals surface area contributed by atoms with Gasteiger partial charge in [0.2, 0.25) is 5.88 Å². The second-order valence-electron chi connectivity index (χ2n) is 6.28. The Bertz CT molecular complexity index is 824. The molecule has 6 nitrogen and oxygen atoms in total. The fourth-order valence-corrected chi connectivity index (χ4v) is 2.96. The predicted octanol–water partition coefficient (Wildman–Crippen LogP) is 3.74. The molecule has 1 saturated carbocycles. The van der Waals surface area contributed by atoms with E-state index in [2.05, 4.69) is 15.6 Å². The Kier molecular flexibility index (Phi) is 5.81. The van der Waals surface area contributed by atoms with Crippen molar-refractivity contribution in [2.75, 3.05) is 5.32 Å². The molecule has 1 fully saturated rings. The zero-order chi connectivity index (χ0) is 19.2. The number of nitrogens with one attached hydrogen (secondary N) is 2. The second-order valence-corrected chi connectivity index (χ2v) is 6.28. The van der Waals surface area contributed by atoms with Gasteiger partial charge in [-0.2, -0.15) is 5.26 Å². The van der Waals surface area contributed by atoms with Crippen LogP contribution in [0.5, 0.6) is 5.88 Å². The summed E-state index contributed by atoms with van der Waals surface area (Å²) in [6.07, 6.45) is 4.19. The molecule has 0 spiro atoms. The van der Waals surface area contributed by atoms with Gasteiger partial charge in [-0.05, 0) is 43.9 Å². The number of para-hydroxylation sites is 1. The highest BCUT2D eigenvalue weighted by Crippen LogP contribution is 2.23. The zero-order valence-corrected chi connectivity index (χ0v) is 14.4.